The summed E-state index contributed by atoms with van der Waals surface area (Å²) in [6.07, 6.45) is 5.63. The predicted octanol–water partition coefficient (Wildman–Crippen LogP) is -0.247. The molecule has 5 nitrogen and oxygen atoms in total. The fourth-order valence-electron chi connectivity index (χ4n) is 1.64. The van der Waals surface area contributed by atoms with Crippen LogP contribution >= 0.6 is 0 Å². The highest BCUT2D eigenvalue weighted by atomic mass is 32.2. The van der Waals surface area contributed by atoms with Crippen molar-refractivity contribution in [2.45, 2.75) is 19.0 Å². The van der Waals surface area contributed by atoms with Crippen LogP contribution in [0.1, 0.15) is 12.0 Å². The van der Waals surface area contributed by atoms with Crippen LogP contribution in [-0.2, 0) is 16.4 Å². The van der Waals surface area contributed by atoms with Gasteiger partial charge in [0.25, 0.3) is 0 Å². The van der Waals surface area contributed by atoms with Crippen molar-refractivity contribution in [3.05, 3.63) is 24.3 Å². The van der Waals surface area contributed by atoms with Gasteiger partial charge >= 0.3 is 0 Å². The number of hydrogen-bond acceptors (Lipinski definition) is 5. The van der Waals surface area contributed by atoms with E-state index in [2.05, 4.69) is 15.3 Å². The lowest BCUT2D eigenvalue weighted by atomic mass is 10.2. The molecule has 0 bridgehead atoms. The Morgan fingerprint density at radius 2 is 2.13 bits per heavy atom. The maximum atomic E-state index is 11.2. The van der Waals surface area contributed by atoms with Gasteiger partial charge < -0.3 is 5.32 Å². The summed E-state index contributed by atoms with van der Waals surface area (Å²) in [7, 11) is -2.79. The normalized spacial score (nSPS) is 24.1. The van der Waals surface area contributed by atoms with E-state index in [1.807, 2.05) is 0 Å². The van der Waals surface area contributed by atoms with Crippen molar-refractivity contribution in [1.82, 2.24) is 15.3 Å². The molecule has 1 unspecified atom stereocenters. The van der Waals surface area contributed by atoms with E-state index >= 15 is 0 Å². The monoisotopic (exact) mass is 227 g/mol. The van der Waals surface area contributed by atoms with E-state index in [1.54, 1.807) is 12.4 Å². The zero-order valence-electron chi connectivity index (χ0n) is 8.26. The average Bonchev–Trinajstić information content (AvgIpc) is 2.57. The summed E-state index contributed by atoms with van der Waals surface area (Å²) in [4.78, 5) is 7.78. The van der Waals surface area contributed by atoms with Crippen LogP contribution in [0.5, 0.6) is 0 Å². The second-order valence-corrected chi connectivity index (χ2v) is 5.96. The molecule has 15 heavy (non-hydrogen) atoms. The first-order valence-electron chi connectivity index (χ1n) is 4.83. The summed E-state index contributed by atoms with van der Waals surface area (Å²) in [6, 6.07) is 0.0789. The largest absolute Gasteiger partial charge is 0.309 e. The Morgan fingerprint density at radius 1 is 1.40 bits per heavy atom. The molecular weight excluding hydrogens is 214 g/mol. The summed E-state index contributed by atoms with van der Waals surface area (Å²) < 4.78 is 22.4. The number of aromatic nitrogens is 2. The number of nitrogens with one attached hydrogen (secondary N) is 1. The molecule has 6 heteroatoms. The van der Waals surface area contributed by atoms with Crippen LogP contribution in [0.15, 0.2) is 18.7 Å². The van der Waals surface area contributed by atoms with Crippen molar-refractivity contribution in [1.29, 1.82) is 0 Å². The SMILES string of the molecule is O=S1(=O)CCC(NCc2cncnc2)C1. The van der Waals surface area contributed by atoms with Crippen LogP contribution in [0.2, 0.25) is 0 Å². The number of sulfone groups is 1. The maximum absolute atomic E-state index is 11.2. The lowest BCUT2D eigenvalue weighted by Gasteiger charge is -2.09. The van der Waals surface area contributed by atoms with Crippen LogP contribution in [0.4, 0.5) is 0 Å². The Labute approximate surface area is 88.9 Å². The topological polar surface area (TPSA) is 72.0 Å². The lowest BCUT2D eigenvalue weighted by molar-refractivity contribution is 0.552. The van der Waals surface area contributed by atoms with Crippen LogP contribution in [-0.4, -0.2) is 35.9 Å². The zero-order chi connectivity index (χ0) is 10.7. The highest BCUT2D eigenvalue weighted by molar-refractivity contribution is 7.91. The fourth-order valence-corrected chi connectivity index (χ4v) is 3.35. The quantitative estimate of drug-likeness (QED) is 0.771. The molecule has 1 atom stereocenters. The molecule has 1 aliphatic heterocycles. The van der Waals surface area contributed by atoms with Crippen molar-refractivity contribution < 1.29 is 8.42 Å². The van der Waals surface area contributed by atoms with Crippen molar-refractivity contribution in [3.8, 4) is 0 Å². The molecule has 0 radical (unpaired) electrons. The van der Waals surface area contributed by atoms with Crippen LogP contribution < -0.4 is 5.32 Å². The first kappa shape index (κ1) is 10.5. The smallest absolute Gasteiger partial charge is 0.151 e. The van der Waals surface area contributed by atoms with Crippen molar-refractivity contribution in [3.63, 3.8) is 0 Å². The Kier molecular flexibility index (Phi) is 2.97. The van der Waals surface area contributed by atoms with Gasteiger partial charge in [-0.25, -0.2) is 18.4 Å². The molecule has 1 fully saturated rings. The summed E-state index contributed by atoms with van der Waals surface area (Å²) in [6.45, 7) is 0.626. The van der Waals surface area contributed by atoms with E-state index in [4.69, 9.17) is 0 Å². The van der Waals surface area contributed by atoms with Gasteiger partial charge in [0.2, 0.25) is 0 Å². The third-order valence-corrected chi connectivity index (χ3v) is 4.21. The number of hydrogen-bond donors (Lipinski definition) is 1. The van der Waals surface area contributed by atoms with Crippen molar-refractivity contribution >= 4 is 9.84 Å². The first-order chi connectivity index (χ1) is 7.16. The molecule has 1 aliphatic rings. The highest BCUT2D eigenvalue weighted by Gasteiger charge is 2.27. The molecule has 2 heterocycles. The van der Waals surface area contributed by atoms with Gasteiger partial charge in [-0.2, -0.15) is 0 Å². The second-order valence-electron chi connectivity index (χ2n) is 3.73. The Bertz CT molecular complexity index is 418. The molecular formula is C9H13N3O2S. The molecule has 0 aromatic carbocycles. The van der Waals surface area contributed by atoms with Gasteiger partial charge in [-0.05, 0) is 6.42 Å². The molecule has 0 aliphatic carbocycles. The Balaban J connectivity index is 1.85. The highest BCUT2D eigenvalue weighted by Crippen LogP contribution is 2.11. The maximum Gasteiger partial charge on any atom is 0.151 e. The van der Waals surface area contributed by atoms with Gasteiger partial charge in [-0.3, -0.25) is 0 Å². The second kappa shape index (κ2) is 4.24. The summed E-state index contributed by atoms with van der Waals surface area (Å²) in [5.41, 5.74) is 0.974. The predicted molar refractivity (Wildman–Crippen MR) is 55.9 cm³/mol. The van der Waals surface area contributed by atoms with E-state index in [0.717, 1.165) is 5.56 Å². The lowest BCUT2D eigenvalue weighted by Crippen LogP contribution is -2.29. The molecule has 1 N–H and O–H groups in total. The van der Waals surface area contributed by atoms with E-state index in [0.29, 0.717) is 18.7 Å². The van der Waals surface area contributed by atoms with E-state index in [1.165, 1.54) is 6.33 Å². The zero-order valence-corrected chi connectivity index (χ0v) is 9.07. The van der Waals surface area contributed by atoms with Gasteiger partial charge in [0.1, 0.15) is 6.33 Å². The third-order valence-electron chi connectivity index (χ3n) is 2.44. The van der Waals surface area contributed by atoms with Crippen LogP contribution in [0, 0.1) is 0 Å². The molecule has 1 saturated heterocycles. The van der Waals surface area contributed by atoms with Crippen LogP contribution in [0.3, 0.4) is 0 Å². The fraction of sp³-hybridized carbons (Fsp3) is 0.556. The summed E-state index contributed by atoms with van der Waals surface area (Å²) in [5, 5.41) is 3.19. The molecule has 2 rings (SSSR count). The Hall–Kier alpha value is -1.01. The molecule has 82 valence electrons. The van der Waals surface area contributed by atoms with E-state index in [-0.39, 0.29) is 11.8 Å². The third kappa shape index (κ3) is 2.97. The molecule has 1 aromatic rings. The van der Waals surface area contributed by atoms with Crippen molar-refractivity contribution in [2.24, 2.45) is 0 Å². The van der Waals surface area contributed by atoms with Gasteiger partial charge in [-0.15, -0.1) is 0 Å². The number of nitrogens with zero attached hydrogens (tertiary/aromatic N) is 2. The van der Waals surface area contributed by atoms with Gasteiger partial charge in [-0.1, -0.05) is 0 Å². The van der Waals surface area contributed by atoms with Gasteiger partial charge in [0.15, 0.2) is 9.84 Å². The number of rotatable bonds is 3. The van der Waals surface area contributed by atoms with Crippen molar-refractivity contribution in [2.75, 3.05) is 11.5 Å². The molecule has 1 aromatic heterocycles. The molecule has 0 saturated carbocycles. The van der Waals surface area contributed by atoms with Crippen LogP contribution in [0.25, 0.3) is 0 Å². The summed E-state index contributed by atoms with van der Waals surface area (Å²) in [5.74, 6) is 0.552. The molecule has 0 spiro atoms. The van der Waals surface area contributed by atoms with E-state index < -0.39 is 9.84 Å². The standard InChI is InChI=1S/C9H13N3O2S/c13-15(14)2-1-9(6-15)12-5-8-3-10-7-11-4-8/h3-4,7,9,12H,1-2,5-6H2. The average molecular weight is 227 g/mol. The minimum absolute atomic E-state index is 0.0789. The minimum Gasteiger partial charge on any atom is -0.309 e. The van der Waals surface area contributed by atoms with Gasteiger partial charge in [0.05, 0.1) is 11.5 Å². The Morgan fingerprint density at radius 3 is 2.73 bits per heavy atom. The van der Waals surface area contributed by atoms with E-state index in [9.17, 15) is 8.42 Å². The first-order valence-corrected chi connectivity index (χ1v) is 6.65. The molecule has 0 amide bonds. The summed E-state index contributed by atoms with van der Waals surface area (Å²) >= 11 is 0. The van der Waals surface area contributed by atoms with Gasteiger partial charge in [0, 0.05) is 30.5 Å². The minimum atomic E-state index is -2.79.